The van der Waals surface area contributed by atoms with Crippen LogP contribution in [0.1, 0.15) is 156 Å². The standard InChI is InChI=1S/C30H58O2/c1-5-6-7-8-9-10-11-12-13-14-24-32-30(31)29-23-17-22-28(25-29)21-16-20-27(4)19-15-18-26(2)3/h26-29H,5-25H2,1-4H3. The van der Waals surface area contributed by atoms with E-state index in [2.05, 4.69) is 27.7 Å². The number of unbranched alkanes of at least 4 members (excludes halogenated alkanes) is 9. The highest BCUT2D eigenvalue weighted by molar-refractivity contribution is 5.72. The third-order valence-corrected chi connectivity index (χ3v) is 7.65. The molecule has 1 rings (SSSR count). The van der Waals surface area contributed by atoms with Crippen LogP contribution < -0.4 is 0 Å². The Bertz CT molecular complexity index is 431. The van der Waals surface area contributed by atoms with Crippen molar-refractivity contribution in [1.82, 2.24) is 0 Å². The molecule has 1 saturated carbocycles. The van der Waals surface area contributed by atoms with Gasteiger partial charge in [-0.3, -0.25) is 4.79 Å². The van der Waals surface area contributed by atoms with Crippen molar-refractivity contribution in [3.63, 3.8) is 0 Å². The molecule has 1 aliphatic rings. The topological polar surface area (TPSA) is 26.3 Å². The van der Waals surface area contributed by atoms with Gasteiger partial charge in [0.15, 0.2) is 0 Å². The van der Waals surface area contributed by atoms with E-state index in [1.165, 1.54) is 109 Å². The summed E-state index contributed by atoms with van der Waals surface area (Å²) in [6.45, 7) is 10.00. The van der Waals surface area contributed by atoms with Crippen LogP contribution in [0.5, 0.6) is 0 Å². The summed E-state index contributed by atoms with van der Waals surface area (Å²) in [5, 5.41) is 0. The maximum atomic E-state index is 12.5. The van der Waals surface area contributed by atoms with E-state index in [0.29, 0.717) is 6.61 Å². The fourth-order valence-corrected chi connectivity index (χ4v) is 5.42. The Labute approximate surface area is 202 Å². The van der Waals surface area contributed by atoms with Crippen LogP contribution in [-0.4, -0.2) is 12.6 Å². The molecule has 0 spiro atoms. The Morgan fingerprint density at radius 3 is 2.06 bits per heavy atom. The smallest absolute Gasteiger partial charge is 0.308 e. The lowest BCUT2D eigenvalue weighted by atomic mass is 9.78. The van der Waals surface area contributed by atoms with Gasteiger partial charge in [-0.2, -0.15) is 0 Å². The summed E-state index contributed by atoms with van der Waals surface area (Å²) in [7, 11) is 0. The Kier molecular flexibility index (Phi) is 18.3. The molecule has 0 saturated heterocycles. The molecule has 0 aromatic rings. The summed E-state index contributed by atoms with van der Waals surface area (Å²) < 4.78 is 5.67. The number of ether oxygens (including phenoxy) is 1. The van der Waals surface area contributed by atoms with Crippen LogP contribution in [0.3, 0.4) is 0 Å². The average Bonchev–Trinajstić information content (AvgIpc) is 2.77. The van der Waals surface area contributed by atoms with Gasteiger partial charge in [-0.15, -0.1) is 0 Å². The Morgan fingerprint density at radius 1 is 0.781 bits per heavy atom. The molecule has 0 heterocycles. The summed E-state index contributed by atoms with van der Waals surface area (Å²) >= 11 is 0. The van der Waals surface area contributed by atoms with Crippen molar-refractivity contribution in [2.75, 3.05) is 6.61 Å². The first-order chi connectivity index (χ1) is 15.5. The van der Waals surface area contributed by atoms with Gasteiger partial charge in [0, 0.05) is 0 Å². The molecular weight excluding hydrogens is 392 g/mol. The summed E-state index contributed by atoms with van der Waals surface area (Å²) in [5.41, 5.74) is 0. The summed E-state index contributed by atoms with van der Waals surface area (Å²) in [4.78, 5) is 12.5. The van der Waals surface area contributed by atoms with Crippen molar-refractivity contribution in [3.05, 3.63) is 0 Å². The number of carbonyl (C=O) groups is 1. The first kappa shape index (κ1) is 29.5. The number of hydrogen-bond donors (Lipinski definition) is 0. The highest BCUT2D eigenvalue weighted by atomic mass is 16.5. The van der Waals surface area contributed by atoms with Gasteiger partial charge < -0.3 is 4.74 Å². The van der Waals surface area contributed by atoms with Crippen LogP contribution in [0, 0.1) is 23.7 Å². The first-order valence-corrected chi connectivity index (χ1v) is 14.7. The van der Waals surface area contributed by atoms with E-state index in [9.17, 15) is 4.79 Å². The number of esters is 1. The van der Waals surface area contributed by atoms with E-state index in [1.54, 1.807) is 0 Å². The van der Waals surface area contributed by atoms with E-state index in [-0.39, 0.29) is 11.9 Å². The van der Waals surface area contributed by atoms with Crippen LogP contribution in [0.15, 0.2) is 0 Å². The lowest BCUT2D eigenvalue weighted by Crippen LogP contribution is -2.25. The molecule has 0 aliphatic heterocycles. The summed E-state index contributed by atoms with van der Waals surface area (Å²) in [6, 6.07) is 0. The number of rotatable bonds is 20. The maximum Gasteiger partial charge on any atom is 0.308 e. The predicted molar refractivity (Wildman–Crippen MR) is 140 cm³/mol. The summed E-state index contributed by atoms with van der Waals surface area (Å²) in [6.07, 6.45) is 26.1. The molecule has 32 heavy (non-hydrogen) atoms. The molecule has 2 heteroatoms. The van der Waals surface area contributed by atoms with Crippen molar-refractivity contribution in [1.29, 1.82) is 0 Å². The van der Waals surface area contributed by atoms with E-state index in [0.717, 1.165) is 37.0 Å². The van der Waals surface area contributed by atoms with E-state index < -0.39 is 0 Å². The van der Waals surface area contributed by atoms with E-state index in [1.807, 2.05) is 0 Å². The lowest BCUT2D eigenvalue weighted by Gasteiger charge is -2.28. The maximum absolute atomic E-state index is 12.5. The second-order valence-corrected chi connectivity index (χ2v) is 11.4. The molecule has 1 fully saturated rings. The van der Waals surface area contributed by atoms with Gasteiger partial charge in [0.2, 0.25) is 0 Å². The van der Waals surface area contributed by atoms with Crippen molar-refractivity contribution >= 4 is 5.97 Å². The molecule has 3 unspecified atom stereocenters. The lowest BCUT2D eigenvalue weighted by molar-refractivity contribution is -0.150. The second-order valence-electron chi connectivity index (χ2n) is 11.4. The van der Waals surface area contributed by atoms with Crippen molar-refractivity contribution < 1.29 is 9.53 Å². The van der Waals surface area contributed by atoms with Gasteiger partial charge in [-0.05, 0) is 37.0 Å². The first-order valence-electron chi connectivity index (χ1n) is 14.7. The zero-order valence-electron chi connectivity index (χ0n) is 22.5. The van der Waals surface area contributed by atoms with Crippen LogP contribution in [0.4, 0.5) is 0 Å². The predicted octanol–water partition coefficient (Wildman–Crippen LogP) is 9.89. The molecule has 0 N–H and O–H groups in total. The highest BCUT2D eigenvalue weighted by Crippen LogP contribution is 2.33. The van der Waals surface area contributed by atoms with Gasteiger partial charge in [0.1, 0.15) is 0 Å². The highest BCUT2D eigenvalue weighted by Gasteiger charge is 2.28. The van der Waals surface area contributed by atoms with Gasteiger partial charge in [-0.1, -0.05) is 137 Å². The van der Waals surface area contributed by atoms with Gasteiger partial charge in [0.25, 0.3) is 0 Å². The van der Waals surface area contributed by atoms with Crippen LogP contribution in [0.25, 0.3) is 0 Å². The van der Waals surface area contributed by atoms with Crippen LogP contribution >= 0.6 is 0 Å². The molecule has 0 aromatic carbocycles. The molecule has 0 amide bonds. The zero-order valence-corrected chi connectivity index (χ0v) is 22.5. The monoisotopic (exact) mass is 450 g/mol. The molecule has 3 atom stereocenters. The van der Waals surface area contributed by atoms with Crippen molar-refractivity contribution in [2.24, 2.45) is 23.7 Å². The SMILES string of the molecule is CCCCCCCCCCCCOC(=O)C1CCCC(CCCC(C)CCCC(C)C)C1. The molecule has 190 valence electrons. The van der Waals surface area contributed by atoms with Crippen LogP contribution in [-0.2, 0) is 9.53 Å². The minimum atomic E-state index is 0.104. The third-order valence-electron chi connectivity index (χ3n) is 7.65. The van der Waals surface area contributed by atoms with E-state index in [4.69, 9.17) is 4.74 Å². The number of carbonyl (C=O) groups excluding carboxylic acids is 1. The Hall–Kier alpha value is -0.530. The number of hydrogen-bond acceptors (Lipinski definition) is 2. The van der Waals surface area contributed by atoms with Crippen molar-refractivity contribution in [2.45, 2.75) is 156 Å². The van der Waals surface area contributed by atoms with Crippen LogP contribution in [0.2, 0.25) is 0 Å². The van der Waals surface area contributed by atoms with Gasteiger partial charge in [0.05, 0.1) is 12.5 Å². The van der Waals surface area contributed by atoms with E-state index >= 15 is 0 Å². The molecule has 1 aliphatic carbocycles. The van der Waals surface area contributed by atoms with Gasteiger partial charge >= 0.3 is 5.97 Å². The second kappa shape index (κ2) is 19.9. The quantitative estimate of drug-likeness (QED) is 0.136. The molecule has 0 bridgehead atoms. The minimum absolute atomic E-state index is 0.104. The third kappa shape index (κ3) is 16.1. The largest absolute Gasteiger partial charge is 0.465 e. The molecule has 2 nitrogen and oxygen atoms in total. The van der Waals surface area contributed by atoms with Crippen molar-refractivity contribution in [3.8, 4) is 0 Å². The fourth-order valence-electron chi connectivity index (χ4n) is 5.42. The fraction of sp³-hybridized carbons (Fsp3) is 0.967. The van der Waals surface area contributed by atoms with Gasteiger partial charge in [-0.25, -0.2) is 0 Å². The molecular formula is C30H58O2. The average molecular weight is 451 g/mol. The summed E-state index contributed by atoms with van der Waals surface area (Å²) in [5.74, 6) is 2.74. The Morgan fingerprint density at radius 2 is 1.41 bits per heavy atom. The molecule has 0 radical (unpaired) electrons. The minimum Gasteiger partial charge on any atom is -0.465 e. The molecule has 0 aromatic heterocycles. The Balaban J connectivity index is 2.02. The zero-order chi connectivity index (χ0) is 23.4. The normalized spacial score (nSPS) is 19.9.